The van der Waals surface area contributed by atoms with Gasteiger partial charge in [-0.25, -0.2) is 31.4 Å². The van der Waals surface area contributed by atoms with Crippen molar-refractivity contribution in [2.75, 3.05) is 17.2 Å². The molecule has 1 heterocycles. The number of benzene rings is 1. The number of amides is 1. The van der Waals surface area contributed by atoms with E-state index in [9.17, 15) is 26.4 Å². The first-order valence-electron chi connectivity index (χ1n) is 11.7. The van der Waals surface area contributed by atoms with Crippen LogP contribution in [-0.4, -0.2) is 58.2 Å². The molecule has 0 unspecified atom stereocenters. The van der Waals surface area contributed by atoms with Gasteiger partial charge in [-0.05, 0) is 56.7 Å². The van der Waals surface area contributed by atoms with E-state index in [4.69, 9.17) is 4.74 Å². The number of carbonyl (C=O) groups excluding carboxylic acids is 2. The number of nitrogens with zero attached hydrogens (tertiary/aromatic N) is 2. The number of hydrogen-bond donors (Lipinski definition) is 1. The summed E-state index contributed by atoms with van der Waals surface area (Å²) in [7, 11) is -8.21. The summed E-state index contributed by atoms with van der Waals surface area (Å²) < 4.78 is 60.5. The fourth-order valence-electron chi connectivity index (χ4n) is 3.28. The van der Waals surface area contributed by atoms with Crippen molar-refractivity contribution in [2.24, 2.45) is 5.92 Å². The van der Waals surface area contributed by atoms with E-state index in [1.807, 2.05) is 13.8 Å². The monoisotopic (exact) mass is 573 g/mol. The second-order valence-electron chi connectivity index (χ2n) is 9.85. The minimum absolute atomic E-state index is 0.0103. The first-order chi connectivity index (χ1) is 17.0. The van der Waals surface area contributed by atoms with Crippen LogP contribution >= 0.6 is 11.3 Å². The Hall–Kier alpha value is -2.48. The van der Waals surface area contributed by atoms with Gasteiger partial charge in [0.2, 0.25) is 26.0 Å². The lowest BCUT2D eigenvalue weighted by Gasteiger charge is -2.39. The smallest absolute Gasteiger partial charge is 0.332 e. The van der Waals surface area contributed by atoms with E-state index in [0.29, 0.717) is 6.42 Å². The number of esters is 1. The molecule has 0 aliphatic carbocycles. The summed E-state index contributed by atoms with van der Waals surface area (Å²) in [6, 6.07) is 9.15. The Labute approximate surface area is 223 Å². The first kappa shape index (κ1) is 30.7. The van der Waals surface area contributed by atoms with Crippen LogP contribution < -0.4 is 9.14 Å². The second kappa shape index (κ2) is 12.4. The maximum Gasteiger partial charge on any atom is 0.332 e. The maximum atomic E-state index is 13.6. The summed E-state index contributed by atoms with van der Waals surface area (Å²) >= 11 is 0.980. The lowest BCUT2D eigenvalue weighted by atomic mass is 10.1. The molecule has 0 radical (unpaired) electrons. The highest BCUT2D eigenvalue weighted by Gasteiger charge is 2.41. The van der Waals surface area contributed by atoms with Gasteiger partial charge < -0.3 is 4.74 Å². The third kappa shape index (κ3) is 9.09. The number of ether oxygens (including phenoxy) is 1. The summed E-state index contributed by atoms with van der Waals surface area (Å²) in [5.41, 5.74) is -0.880. The Morgan fingerprint density at radius 3 is 2.14 bits per heavy atom. The van der Waals surface area contributed by atoms with Gasteiger partial charge in [0.25, 0.3) is 0 Å². The average Bonchev–Trinajstić information content (AvgIpc) is 3.31. The van der Waals surface area contributed by atoms with Crippen LogP contribution in [0, 0.1) is 5.92 Å². The molecule has 13 heteroatoms. The van der Waals surface area contributed by atoms with Gasteiger partial charge in [-0.2, -0.15) is 4.41 Å². The second-order valence-corrected chi connectivity index (χ2v) is 14.6. The molecule has 2 aromatic rings. The van der Waals surface area contributed by atoms with Crippen LogP contribution in [0.1, 0.15) is 47.5 Å². The highest BCUT2D eigenvalue weighted by Crippen LogP contribution is 2.25. The van der Waals surface area contributed by atoms with E-state index in [0.717, 1.165) is 27.0 Å². The summed E-state index contributed by atoms with van der Waals surface area (Å²) in [6.07, 6.45) is 1.25. The molecule has 1 N–H and O–H groups in total. The van der Waals surface area contributed by atoms with Crippen molar-refractivity contribution in [3.05, 3.63) is 47.8 Å². The van der Waals surface area contributed by atoms with Crippen LogP contribution in [0.5, 0.6) is 0 Å². The summed E-state index contributed by atoms with van der Waals surface area (Å²) in [6.45, 7) is 8.06. The SMILES string of the molecule is CC(C)CCC(=O)N([C@H](CNS(=O)(=O)c1cccs1)C(=O)OC(C)(C)C)N(c1ccccc1)S(C)(=O)=O. The zero-order chi connectivity index (χ0) is 28.0. The topological polar surface area (TPSA) is 130 Å². The maximum absolute atomic E-state index is 13.6. The zero-order valence-corrected chi connectivity index (χ0v) is 24.3. The Morgan fingerprint density at radius 1 is 1.03 bits per heavy atom. The molecule has 1 aromatic carbocycles. The predicted molar refractivity (Wildman–Crippen MR) is 144 cm³/mol. The van der Waals surface area contributed by atoms with Crippen LogP contribution in [0.25, 0.3) is 0 Å². The molecule has 0 saturated carbocycles. The lowest BCUT2D eigenvalue weighted by Crippen LogP contribution is -2.61. The van der Waals surface area contributed by atoms with E-state index < -0.39 is 50.1 Å². The highest BCUT2D eigenvalue weighted by molar-refractivity contribution is 7.92. The van der Waals surface area contributed by atoms with Crippen molar-refractivity contribution in [1.82, 2.24) is 9.73 Å². The van der Waals surface area contributed by atoms with Crippen LogP contribution in [0.15, 0.2) is 52.1 Å². The Balaban J connectivity index is 2.65. The average molecular weight is 574 g/mol. The number of thiophene rings is 1. The molecule has 0 spiro atoms. The number of hydrogen-bond acceptors (Lipinski definition) is 8. The number of anilines is 1. The molecule has 0 aliphatic rings. The van der Waals surface area contributed by atoms with Crippen LogP contribution in [0.3, 0.4) is 0 Å². The van der Waals surface area contributed by atoms with E-state index in [1.54, 1.807) is 50.4 Å². The molecule has 0 fully saturated rings. The number of nitrogens with one attached hydrogen (secondary N) is 1. The van der Waals surface area contributed by atoms with Gasteiger partial charge in [0.15, 0.2) is 6.04 Å². The number of rotatable bonds is 12. The molecule has 10 nitrogen and oxygen atoms in total. The molecule has 37 heavy (non-hydrogen) atoms. The molecular formula is C24H35N3O7S3. The summed E-state index contributed by atoms with van der Waals surface area (Å²) in [4.78, 5) is 27.0. The number of hydrazine groups is 1. The van der Waals surface area contributed by atoms with Gasteiger partial charge in [-0.3, -0.25) is 4.79 Å². The van der Waals surface area contributed by atoms with Crippen LogP contribution in [0.2, 0.25) is 0 Å². The van der Waals surface area contributed by atoms with Gasteiger partial charge in [-0.15, -0.1) is 11.3 Å². The molecule has 206 valence electrons. The fourth-order valence-corrected chi connectivity index (χ4v) is 6.38. The van der Waals surface area contributed by atoms with Gasteiger partial charge >= 0.3 is 5.97 Å². The standard InChI is InChI=1S/C24H35N3O7S3/c1-18(2)14-15-21(28)26(27(36(6,30)31)19-11-8-7-9-12-19)20(23(29)34-24(3,4)5)17-25-37(32,33)22-13-10-16-35-22/h7-13,16,18,20,25H,14-15,17H2,1-6H3/t20-/m1/s1. The summed E-state index contributed by atoms with van der Waals surface area (Å²) in [5, 5.41) is 2.39. The number of sulfonamides is 2. The van der Waals surface area contributed by atoms with Crippen molar-refractivity contribution in [1.29, 1.82) is 0 Å². The van der Waals surface area contributed by atoms with Crippen LogP contribution in [0.4, 0.5) is 5.69 Å². The molecule has 1 atom stereocenters. The van der Waals surface area contributed by atoms with Gasteiger partial charge in [0.05, 0.1) is 11.9 Å². The molecule has 0 saturated heterocycles. The normalized spacial score (nSPS) is 13.3. The number of para-hydroxylation sites is 1. The molecule has 2 rings (SSSR count). The Bertz CT molecular complexity index is 1250. The highest BCUT2D eigenvalue weighted by atomic mass is 32.2. The third-order valence-electron chi connectivity index (χ3n) is 4.88. The summed E-state index contributed by atoms with van der Waals surface area (Å²) in [5.74, 6) is -1.51. The van der Waals surface area contributed by atoms with Crippen LogP contribution in [-0.2, 0) is 34.4 Å². The third-order valence-corrected chi connectivity index (χ3v) is 8.71. The van der Waals surface area contributed by atoms with Gasteiger partial charge in [0, 0.05) is 13.0 Å². The largest absolute Gasteiger partial charge is 0.458 e. The molecule has 1 amide bonds. The molecule has 1 aromatic heterocycles. The van der Waals surface area contributed by atoms with Crippen molar-refractivity contribution in [3.8, 4) is 0 Å². The molecular weight excluding hydrogens is 538 g/mol. The Kier molecular flexibility index (Phi) is 10.3. The van der Waals surface area contributed by atoms with Crippen molar-refractivity contribution >= 4 is 48.9 Å². The molecule has 0 bridgehead atoms. The van der Waals surface area contributed by atoms with Crippen molar-refractivity contribution in [3.63, 3.8) is 0 Å². The van der Waals surface area contributed by atoms with E-state index in [1.165, 1.54) is 18.2 Å². The zero-order valence-electron chi connectivity index (χ0n) is 21.9. The van der Waals surface area contributed by atoms with Crippen molar-refractivity contribution in [2.45, 2.75) is 63.3 Å². The first-order valence-corrected chi connectivity index (χ1v) is 15.9. The lowest BCUT2D eigenvalue weighted by molar-refractivity contribution is -0.164. The fraction of sp³-hybridized carbons (Fsp3) is 0.500. The minimum atomic E-state index is -4.16. The van der Waals surface area contributed by atoms with E-state index in [-0.39, 0.29) is 22.2 Å². The van der Waals surface area contributed by atoms with Crippen molar-refractivity contribution < 1.29 is 31.2 Å². The number of carbonyl (C=O) groups is 2. The molecule has 0 aliphatic heterocycles. The quantitative estimate of drug-likeness (QED) is 0.304. The van der Waals surface area contributed by atoms with Gasteiger partial charge in [-0.1, -0.05) is 38.1 Å². The minimum Gasteiger partial charge on any atom is -0.458 e. The van der Waals surface area contributed by atoms with E-state index >= 15 is 0 Å². The van der Waals surface area contributed by atoms with Gasteiger partial charge in [0.1, 0.15) is 9.81 Å². The predicted octanol–water partition coefficient (Wildman–Crippen LogP) is 3.38. The van der Waals surface area contributed by atoms with E-state index in [2.05, 4.69) is 4.72 Å². The Morgan fingerprint density at radius 2 is 1.65 bits per heavy atom.